The molecule has 34 heavy (non-hydrogen) atoms. The van der Waals surface area contributed by atoms with Crippen molar-refractivity contribution in [2.45, 2.75) is 26.9 Å². The van der Waals surface area contributed by atoms with E-state index in [-0.39, 0.29) is 12.3 Å². The summed E-state index contributed by atoms with van der Waals surface area (Å²) in [6.07, 6.45) is 1.90. The van der Waals surface area contributed by atoms with E-state index in [0.717, 1.165) is 25.6 Å². The number of benzene rings is 4. The molecular weight excluding hydrogens is 556 g/mol. The van der Waals surface area contributed by atoms with Crippen molar-refractivity contribution < 1.29 is 9.53 Å². The predicted molar refractivity (Wildman–Crippen MR) is 145 cm³/mol. The topological polar surface area (TPSA) is 50.7 Å². The van der Waals surface area contributed by atoms with Gasteiger partial charge in [-0.3, -0.25) is 4.79 Å². The third kappa shape index (κ3) is 5.93. The highest BCUT2D eigenvalue weighted by Gasteiger charge is 2.10. The van der Waals surface area contributed by atoms with Gasteiger partial charge in [-0.05, 0) is 96.4 Å². The number of nitrogens with zero attached hydrogens (tertiary/aromatic N) is 1. The molecule has 4 aromatic rings. The summed E-state index contributed by atoms with van der Waals surface area (Å²) in [4.78, 5) is 12.2. The second-order valence-electron chi connectivity index (χ2n) is 8.13. The lowest BCUT2D eigenvalue weighted by Gasteiger charge is -2.13. The maximum Gasteiger partial charge on any atom is 0.244 e. The Labute approximate surface area is 216 Å². The first-order valence-electron chi connectivity index (χ1n) is 10.9. The molecule has 0 heterocycles. The minimum atomic E-state index is -0.160. The van der Waals surface area contributed by atoms with Crippen molar-refractivity contribution in [1.82, 2.24) is 5.43 Å². The lowest BCUT2D eigenvalue weighted by molar-refractivity contribution is -0.120. The maximum absolute atomic E-state index is 12.2. The SMILES string of the molecule is Cc1ccc(CC(=O)NN=Cc2cc(Br)c(OCc3cccc4ccccc34)c(Br)c2)cc1C. The average molecular weight is 580 g/mol. The average Bonchev–Trinajstić information content (AvgIpc) is 2.81. The Morgan fingerprint density at radius 1 is 0.941 bits per heavy atom. The zero-order chi connectivity index (χ0) is 24.1. The van der Waals surface area contributed by atoms with Crippen LogP contribution < -0.4 is 10.2 Å². The third-order valence-corrected chi connectivity index (χ3v) is 6.79. The predicted octanol–water partition coefficient (Wildman–Crippen LogP) is 7.25. The molecule has 0 aliphatic heterocycles. The monoisotopic (exact) mass is 578 g/mol. The minimum Gasteiger partial charge on any atom is -0.487 e. The van der Waals surface area contributed by atoms with Gasteiger partial charge in [0.25, 0.3) is 0 Å². The molecule has 0 spiro atoms. The summed E-state index contributed by atoms with van der Waals surface area (Å²) in [5.74, 6) is 0.552. The Hall–Kier alpha value is -2.96. The fourth-order valence-corrected chi connectivity index (χ4v) is 5.13. The molecule has 4 rings (SSSR count). The lowest BCUT2D eigenvalue weighted by Crippen LogP contribution is -2.19. The summed E-state index contributed by atoms with van der Waals surface area (Å²) in [5.41, 5.74) is 7.89. The molecule has 4 nitrogen and oxygen atoms in total. The first-order valence-corrected chi connectivity index (χ1v) is 12.5. The van der Waals surface area contributed by atoms with Gasteiger partial charge in [0.2, 0.25) is 5.91 Å². The maximum atomic E-state index is 12.2. The molecule has 0 aliphatic rings. The number of carbonyl (C=O) groups is 1. The number of amides is 1. The Balaban J connectivity index is 1.39. The van der Waals surface area contributed by atoms with E-state index >= 15 is 0 Å². The van der Waals surface area contributed by atoms with Gasteiger partial charge < -0.3 is 4.74 Å². The van der Waals surface area contributed by atoms with Crippen LogP contribution in [-0.2, 0) is 17.8 Å². The fourth-order valence-electron chi connectivity index (χ4n) is 3.68. The molecule has 0 saturated carbocycles. The van der Waals surface area contributed by atoms with Crippen LogP contribution in [0.5, 0.6) is 5.75 Å². The standard InChI is InChI=1S/C28H24Br2N2O2/c1-18-10-11-20(12-19(18)2)15-27(33)32-31-16-21-13-25(29)28(26(30)14-21)34-17-23-8-5-7-22-6-3-4-9-24(22)23/h3-14,16H,15,17H2,1-2H3,(H,32,33). The lowest BCUT2D eigenvalue weighted by atomic mass is 10.0. The van der Waals surface area contributed by atoms with Gasteiger partial charge in [-0.25, -0.2) is 5.43 Å². The molecule has 0 saturated heterocycles. The number of rotatable bonds is 7. The summed E-state index contributed by atoms with van der Waals surface area (Å²) in [6, 6.07) is 24.3. The Kier molecular flexibility index (Phi) is 7.80. The third-order valence-electron chi connectivity index (χ3n) is 5.61. The highest BCUT2D eigenvalue weighted by Crippen LogP contribution is 2.35. The number of aryl methyl sites for hydroxylation is 2. The van der Waals surface area contributed by atoms with Crippen LogP contribution in [0.25, 0.3) is 10.8 Å². The van der Waals surface area contributed by atoms with Gasteiger partial charge >= 0.3 is 0 Å². The number of hydrogen-bond acceptors (Lipinski definition) is 3. The van der Waals surface area contributed by atoms with E-state index in [4.69, 9.17) is 4.74 Å². The first-order chi connectivity index (χ1) is 16.4. The van der Waals surface area contributed by atoms with Crippen molar-refractivity contribution in [1.29, 1.82) is 0 Å². The zero-order valence-corrected chi connectivity index (χ0v) is 22.1. The molecule has 0 unspecified atom stereocenters. The Bertz CT molecular complexity index is 1350. The van der Waals surface area contributed by atoms with Gasteiger partial charge in [-0.15, -0.1) is 0 Å². The summed E-state index contributed by atoms with van der Waals surface area (Å²) in [5, 5.41) is 6.48. The molecule has 172 valence electrons. The molecule has 0 fully saturated rings. The van der Waals surface area contributed by atoms with Crippen molar-refractivity contribution in [3.63, 3.8) is 0 Å². The molecule has 0 radical (unpaired) electrons. The number of ether oxygens (including phenoxy) is 1. The van der Waals surface area contributed by atoms with Gasteiger partial charge in [-0.2, -0.15) is 5.10 Å². The van der Waals surface area contributed by atoms with Crippen LogP contribution in [0, 0.1) is 13.8 Å². The zero-order valence-electron chi connectivity index (χ0n) is 18.9. The van der Waals surface area contributed by atoms with E-state index in [2.05, 4.69) is 73.6 Å². The molecule has 1 N–H and O–H groups in total. The fraction of sp³-hybridized carbons (Fsp3) is 0.143. The number of nitrogens with one attached hydrogen (secondary N) is 1. The van der Waals surface area contributed by atoms with Crippen LogP contribution >= 0.6 is 31.9 Å². The second-order valence-corrected chi connectivity index (χ2v) is 9.84. The van der Waals surface area contributed by atoms with E-state index in [1.807, 2.05) is 55.5 Å². The Morgan fingerprint density at radius 3 is 2.44 bits per heavy atom. The second kappa shape index (κ2) is 11.0. The van der Waals surface area contributed by atoms with Gasteiger partial charge in [0, 0.05) is 0 Å². The smallest absolute Gasteiger partial charge is 0.244 e. The van der Waals surface area contributed by atoms with Gasteiger partial charge in [0.1, 0.15) is 12.4 Å². The highest BCUT2D eigenvalue weighted by molar-refractivity contribution is 9.11. The van der Waals surface area contributed by atoms with Gasteiger partial charge in [0.15, 0.2) is 0 Å². The molecule has 1 amide bonds. The number of halogens is 2. The van der Waals surface area contributed by atoms with Crippen LogP contribution in [0.4, 0.5) is 0 Å². The highest BCUT2D eigenvalue weighted by atomic mass is 79.9. The van der Waals surface area contributed by atoms with Crippen LogP contribution in [0.15, 0.2) is 86.8 Å². The number of hydrazone groups is 1. The van der Waals surface area contributed by atoms with E-state index in [1.54, 1.807) is 6.21 Å². The molecule has 0 bridgehead atoms. The molecule has 0 aliphatic carbocycles. The van der Waals surface area contributed by atoms with Gasteiger partial charge in [-0.1, -0.05) is 60.7 Å². The molecule has 6 heteroatoms. The minimum absolute atomic E-state index is 0.160. The summed E-state index contributed by atoms with van der Waals surface area (Å²) < 4.78 is 7.73. The first kappa shape index (κ1) is 24.2. The van der Waals surface area contributed by atoms with E-state index in [9.17, 15) is 4.79 Å². The van der Waals surface area contributed by atoms with Crippen molar-refractivity contribution in [2.24, 2.45) is 5.10 Å². The molecule has 0 aromatic heterocycles. The normalized spacial score (nSPS) is 11.2. The van der Waals surface area contributed by atoms with E-state index in [0.29, 0.717) is 12.4 Å². The van der Waals surface area contributed by atoms with Crippen molar-refractivity contribution in [2.75, 3.05) is 0 Å². The van der Waals surface area contributed by atoms with Gasteiger partial charge in [0.05, 0.1) is 21.6 Å². The van der Waals surface area contributed by atoms with Crippen molar-refractivity contribution in [3.8, 4) is 5.75 Å². The van der Waals surface area contributed by atoms with E-state index < -0.39 is 0 Å². The molecule has 0 atom stereocenters. The van der Waals surface area contributed by atoms with Crippen molar-refractivity contribution in [3.05, 3.63) is 110 Å². The summed E-state index contributed by atoms with van der Waals surface area (Å²) in [6.45, 7) is 4.54. The van der Waals surface area contributed by atoms with E-state index in [1.165, 1.54) is 21.9 Å². The number of fused-ring (bicyclic) bond motifs is 1. The number of hydrogen-bond donors (Lipinski definition) is 1. The molecule has 4 aromatic carbocycles. The van der Waals surface area contributed by atoms with Crippen molar-refractivity contribution >= 4 is 54.8 Å². The summed E-state index contributed by atoms with van der Waals surface area (Å²) in [7, 11) is 0. The van der Waals surface area contributed by atoms with Crippen LogP contribution in [0.2, 0.25) is 0 Å². The van der Waals surface area contributed by atoms with Crippen LogP contribution in [0.3, 0.4) is 0 Å². The largest absolute Gasteiger partial charge is 0.487 e. The summed E-state index contributed by atoms with van der Waals surface area (Å²) >= 11 is 7.19. The number of carbonyl (C=O) groups excluding carboxylic acids is 1. The van der Waals surface area contributed by atoms with Crippen LogP contribution in [0.1, 0.15) is 27.8 Å². The quantitative estimate of drug-likeness (QED) is 0.185. The molecular formula is C28H24Br2N2O2. The van der Waals surface area contributed by atoms with Crippen LogP contribution in [-0.4, -0.2) is 12.1 Å². The Morgan fingerprint density at radius 2 is 1.68 bits per heavy atom.